The van der Waals surface area contributed by atoms with Crippen LogP contribution < -0.4 is 14.8 Å². The van der Waals surface area contributed by atoms with Crippen molar-refractivity contribution in [3.63, 3.8) is 0 Å². The fourth-order valence-corrected chi connectivity index (χ4v) is 5.60. The normalized spacial score (nSPS) is 17.1. The molecule has 2 unspecified atom stereocenters. The van der Waals surface area contributed by atoms with Crippen molar-refractivity contribution in [1.29, 1.82) is 0 Å². The van der Waals surface area contributed by atoms with Gasteiger partial charge < -0.3 is 24.4 Å². The number of likely N-dealkylation sites (tertiary alicyclic amines) is 1. The lowest BCUT2D eigenvalue weighted by atomic mass is 9.81. The van der Waals surface area contributed by atoms with Crippen LogP contribution in [0.1, 0.15) is 59.1 Å². The van der Waals surface area contributed by atoms with Crippen LogP contribution in [0.5, 0.6) is 11.6 Å². The second kappa shape index (κ2) is 11.9. The molecule has 12 heteroatoms. The fraction of sp³-hybridized carbons (Fsp3) is 0.500. The topological polar surface area (TPSA) is 129 Å². The average molecular weight is 601 g/mol. The van der Waals surface area contributed by atoms with Gasteiger partial charge in [0.25, 0.3) is 5.88 Å². The van der Waals surface area contributed by atoms with Crippen LogP contribution in [-0.2, 0) is 4.74 Å². The first kappa shape index (κ1) is 29.6. The van der Waals surface area contributed by atoms with Gasteiger partial charge in [-0.05, 0) is 50.7 Å². The van der Waals surface area contributed by atoms with Gasteiger partial charge in [0, 0.05) is 54.6 Å². The van der Waals surface area contributed by atoms with Gasteiger partial charge in [-0.25, -0.2) is 29.4 Å². The Morgan fingerprint density at radius 3 is 2.66 bits per heavy atom. The molecule has 0 bridgehead atoms. The highest BCUT2D eigenvalue weighted by atomic mass is 16.6. The summed E-state index contributed by atoms with van der Waals surface area (Å²) in [5.74, 6) is 3.07. The SMILES string of the molecule is CC(CNc1cc(-c2cnc3c(cnn3C3CN(C(=O)OC(C)(C)C)C3)c2)ncn1)[C@@H](C)C(C)c1ccnc2c1OCCO2. The maximum absolute atomic E-state index is 12.3. The third-order valence-corrected chi connectivity index (χ3v) is 8.51. The summed E-state index contributed by atoms with van der Waals surface area (Å²) in [6.07, 6.45) is 6.68. The first-order valence-electron chi connectivity index (χ1n) is 15.2. The summed E-state index contributed by atoms with van der Waals surface area (Å²) in [5, 5.41) is 8.99. The van der Waals surface area contributed by atoms with Crippen LogP contribution >= 0.6 is 0 Å². The molecule has 44 heavy (non-hydrogen) atoms. The Labute approximate surface area is 257 Å². The lowest BCUT2D eigenvalue weighted by Gasteiger charge is -2.39. The molecule has 6 heterocycles. The number of nitrogens with zero attached hydrogens (tertiary/aromatic N) is 7. The Morgan fingerprint density at radius 1 is 1.07 bits per heavy atom. The third kappa shape index (κ3) is 6.11. The van der Waals surface area contributed by atoms with Crippen LogP contribution in [0.2, 0.25) is 0 Å². The van der Waals surface area contributed by atoms with Gasteiger partial charge in [-0.15, -0.1) is 0 Å². The molecule has 1 saturated heterocycles. The Morgan fingerprint density at radius 2 is 1.86 bits per heavy atom. The zero-order chi connectivity index (χ0) is 31.0. The molecule has 2 aliphatic rings. The Kier molecular flexibility index (Phi) is 8.00. The quantitative estimate of drug-likeness (QED) is 0.283. The number of hydrogen-bond donors (Lipinski definition) is 1. The van der Waals surface area contributed by atoms with E-state index in [1.165, 1.54) is 0 Å². The number of rotatable bonds is 8. The van der Waals surface area contributed by atoms with Crippen LogP contribution in [0.3, 0.4) is 0 Å². The van der Waals surface area contributed by atoms with E-state index in [1.807, 2.05) is 56.0 Å². The van der Waals surface area contributed by atoms with Crippen LogP contribution in [0.4, 0.5) is 10.6 Å². The molecular formula is C32H40N8O4. The van der Waals surface area contributed by atoms with Crippen molar-refractivity contribution in [2.75, 3.05) is 38.2 Å². The molecule has 4 aromatic rings. The van der Waals surface area contributed by atoms with E-state index in [-0.39, 0.29) is 18.1 Å². The van der Waals surface area contributed by atoms with Crippen molar-refractivity contribution in [3.05, 3.63) is 48.7 Å². The molecule has 1 N–H and O–H groups in total. The Hall–Kier alpha value is -4.48. The van der Waals surface area contributed by atoms with Crippen molar-refractivity contribution in [3.8, 4) is 22.9 Å². The van der Waals surface area contributed by atoms with E-state index in [9.17, 15) is 4.79 Å². The minimum Gasteiger partial charge on any atom is -0.484 e. The fourth-order valence-electron chi connectivity index (χ4n) is 5.60. The number of aromatic nitrogens is 6. The average Bonchev–Trinajstić information content (AvgIpc) is 3.40. The van der Waals surface area contributed by atoms with Gasteiger partial charge in [-0.1, -0.05) is 20.8 Å². The van der Waals surface area contributed by atoms with Gasteiger partial charge in [-0.2, -0.15) is 5.10 Å². The molecule has 3 atom stereocenters. The monoisotopic (exact) mass is 600 g/mol. The highest BCUT2D eigenvalue weighted by Gasteiger charge is 2.36. The Bertz CT molecular complexity index is 1650. The molecule has 0 saturated carbocycles. The summed E-state index contributed by atoms with van der Waals surface area (Å²) in [6.45, 7) is 15.2. The highest BCUT2D eigenvalue weighted by Crippen LogP contribution is 2.40. The number of nitrogens with one attached hydrogen (secondary N) is 1. The molecule has 232 valence electrons. The number of anilines is 1. The number of fused-ring (bicyclic) bond motifs is 2. The van der Waals surface area contributed by atoms with E-state index in [0.29, 0.717) is 44.0 Å². The number of carbonyl (C=O) groups is 1. The molecule has 0 aromatic carbocycles. The molecule has 1 amide bonds. The summed E-state index contributed by atoms with van der Waals surface area (Å²) in [4.78, 5) is 32.0. The minimum absolute atomic E-state index is 0.0603. The van der Waals surface area contributed by atoms with Crippen LogP contribution in [0, 0.1) is 11.8 Å². The second-order valence-electron chi connectivity index (χ2n) is 12.8. The zero-order valence-electron chi connectivity index (χ0n) is 26.1. The number of carbonyl (C=O) groups excluding carboxylic acids is 1. The molecular weight excluding hydrogens is 560 g/mol. The lowest BCUT2D eigenvalue weighted by molar-refractivity contribution is 0.0000832. The zero-order valence-corrected chi connectivity index (χ0v) is 26.1. The van der Waals surface area contributed by atoms with Crippen molar-refractivity contribution >= 4 is 22.9 Å². The molecule has 0 aliphatic carbocycles. The van der Waals surface area contributed by atoms with Gasteiger partial charge in [0.1, 0.15) is 31.0 Å². The van der Waals surface area contributed by atoms with Gasteiger partial charge >= 0.3 is 6.09 Å². The third-order valence-electron chi connectivity index (χ3n) is 8.51. The molecule has 1 fully saturated rings. The summed E-state index contributed by atoms with van der Waals surface area (Å²) >= 11 is 0. The molecule has 4 aromatic heterocycles. The van der Waals surface area contributed by atoms with Gasteiger partial charge in [0.05, 0.1) is 17.9 Å². The van der Waals surface area contributed by atoms with E-state index in [4.69, 9.17) is 19.2 Å². The number of amides is 1. The number of hydrogen-bond acceptors (Lipinski definition) is 10. The van der Waals surface area contributed by atoms with Crippen molar-refractivity contribution < 1.29 is 19.0 Å². The molecule has 6 rings (SSSR count). The van der Waals surface area contributed by atoms with Crippen LogP contribution in [0.15, 0.2) is 43.1 Å². The maximum atomic E-state index is 12.3. The van der Waals surface area contributed by atoms with E-state index < -0.39 is 5.60 Å². The summed E-state index contributed by atoms with van der Waals surface area (Å²) in [7, 11) is 0. The standard InChI is InChI=1S/C32H40N8O4/c1-19(20(2)21(3)25-7-8-33-30-28(25)42-9-10-43-30)13-34-27-12-26(36-18-37-27)22-11-23-15-38-40(29(23)35-14-22)24-16-39(17-24)31(41)44-32(4,5)6/h7-8,11-12,14-15,18-21,24H,9-10,13,16-17H2,1-6H3,(H,34,36,37)/t19?,20-,21?/m1/s1. The predicted octanol–water partition coefficient (Wildman–Crippen LogP) is 5.33. The molecule has 0 radical (unpaired) electrons. The largest absolute Gasteiger partial charge is 0.484 e. The van der Waals surface area contributed by atoms with E-state index in [2.05, 4.69) is 46.1 Å². The van der Waals surface area contributed by atoms with Crippen molar-refractivity contribution in [1.82, 2.24) is 34.6 Å². The summed E-state index contributed by atoms with van der Waals surface area (Å²) < 4.78 is 19.0. The number of pyridine rings is 2. The van der Waals surface area contributed by atoms with Crippen molar-refractivity contribution in [2.24, 2.45) is 11.8 Å². The van der Waals surface area contributed by atoms with Gasteiger partial charge in [0.2, 0.25) is 0 Å². The van der Waals surface area contributed by atoms with Gasteiger partial charge in [-0.3, -0.25) is 0 Å². The molecule has 12 nitrogen and oxygen atoms in total. The smallest absolute Gasteiger partial charge is 0.410 e. The predicted molar refractivity (Wildman–Crippen MR) is 166 cm³/mol. The van der Waals surface area contributed by atoms with E-state index in [1.54, 1.807) is 17.4 Å². The van der Waals surface area contributed by atoms with Gasteiger partial charge in [0.15, 0.2) is 11.4 Å². The Balaban J connectivity index is 1.08. The maximum Gasteiger partial charge on any atom is 0.410 e. The second-order valence-corrected chi connectivity index (χ2v) is 12.8. The van der Waals surface area contributed by atoms with E-state index >= 15 is 0 Å². The summed E-state index contributed by atoms with van der Waals surface area (Å²) in [6, 6.07) is 6.08. The van der Waals surface area contributed by atoms with E-state index in [0.717, 1.165) is 46.0 Å². The molecule has 2 aliphatic heterocycles. The first-order chi connectivity index (χ1) is 21.1. The molecule has 0 spiro atoms. The highest BCUT2D eigenvalue weighted by molar-refractivity contribution is 5.80. The number of ether oxygens (including phenoxy) is 3. The van der Waals surface area contributed by atoms with Crippen LogP contribution in [0.25, 0.3) is 22.3 Å². The summed E-state index contributed by atoms with van der Waals surface area (Å²) in [5.41, 5.74) is 3.04. The van der Waals surface area contributed by atoms with Crippen LogP contribution in [-0.4, -0.2) is 79.2 Å². The first-order valence-corrected chi connectivity index (χ1v) is 15.2. The van der Waals surface area contributed by atoms with Crippen molar-refractivity contribution in [2.45, 2.75) is 59.1 Å². The lowest BCUT2D eigenvalue weighted by Crippen LogP contribution is -2.52. The minimum atomic E-state index is -0.518.